The molecule has 0 radical (unpaired) electrons. The van der Waals surface area contributed by atoms with Crippen molar-refractivity contribution in [1.29, 1.82) is 0 Å². The number of carbonyl (C=O) groups excluding carboxylic acids is 1. The second-order valence-electron chi connectivity index (χ2n) is 10.6. The summed E-state index contributed by atoms with van der Waals surface area (Å²) >= 11 is 0. The van der Waals surface area contributed by atoms with Crippen molar-refractivity contribution in [2.24, 2.45) is 5.41 Å². The number of rotatable bonds is 10. The smallest absolute Gasteiger partial charge is 0.412 e. The first-order valence-corrected chi connectivity index (χ1v) is 13.8. The molecular weight excluding hydrogens is 508 g/mol. The lowest BCUT2D eigenvalue weighted by Gasteiger charge is -2.29. The lowest BCUT2D eigenvalue weighted by molar-refractivity contribution is -0.0143. The lowest BCUT2D eigenvalue weighted by atomic mass is 9.78. The molecule has 4 atom stereocenters. The molecule has 4 aromatic rings. The van der Waals surface area contributed by atoms with Gasteiger partial charge in [-0.3, -0.25) is 5.32 Å². The number of aliphatic hydroxyl groups is 2. The van der Waals surface area contributed by atoms with E-state index in [0.29, 0.717) is 48.5 Å². The number of nitrogens with zero attached hydrogens (tertiary/aromatic N) is 4. The van der Waals surface area contributed by atoms with Crippen LogP contribution in [0.1, 0.15) is 50.6 Å². The average Bonchev–Trinajstić information content (AvgIpc) is 3.50. The van der Waals surface area contributed by atoms with Gasteiger partial charge in [0.15, 0.2) is 0 Å². The molecule has 1 aliphatic rings. The number of hydrogen-bond acceptors (Lipinski definition) is 8. The van der Waals surface area contributed by atoms with Crippen LogP contribution in [0.5, 0.6) is 0 Å². The minimum absolute atomic E-state index is 0.374. The van der Waals surface area contributed by atoms with Gasteiger partial charge in [-0.1, -0.05) is 38.0 Å². The van der Waals surface area contributed by atoms with Crippen LogP contribution in [0.15, 0.2) is 61.6 Å². The summed E-state index contributed by atoms with van der Waals surface area (Å²) in [4.78, 5) is 25.1. The van der Waals surface area contributed by atoms with Gasteiger partial charge in [0.1, 0.15) is 29.7 Å². The molecule has 0 unspecified atom stereocenters. The predicted molar refractivity (Wildman–Crippen MR) is 155 cm³/mol. The fourth-order valence-electron chi connectivity index (χ4n) is 5.68. The lowest BCUT2D eigenvalue weighted by Crippen LogP contribution is -2.35. The number of ether oxygens (including phenoxy) is 1. The Morgan fingerprint density at radius 2 is 2.08 bits per heavy atom. The largest absolute Gasteiger partial charge is 0.449 e. The highest BCUT2D eigenvalue weighted by atomic mass is 16.5. The number of anilines is 2. The van der Waals surface area contributed by atoms with E-state index in [1.165, 1.54) is 6.33 Å². The molecule has 5 rings (SSSR count). The third-order valence-corrected chi connectivity index (χ3v) is 8.05. The van der Waals surface area contributed by atoms with Crippen LogP contribution in [0.25, 0.3) is 21.9 Å². The Hall–Kier alpha value is -4.02. The van der Waals surface area contributed by atoms with Gasteiger partial charge in [-0.25, -0.2) is 19.7 Å². The molecule has 40 heavy (non-hydrogen) atoms. The van der Waals surface area contributed by atoms with E-state index in [1.54, 1.807) is 12.1 Å². The minimum atomic E-state index is -1.00. The van der Waals surface area contributed by atoms with Gasteiger partial charge in [0.25, 0.3) is 0 Å². The Labute approximate surface area is 232 Å². The number of aliphatic hydroxyl groups excluding tert-OH is 2. The van der Waals surface area contributed by atoms with Crippen molar-refractivity contribution in [2.45, 2.75) is 63.7 Å². The summed E-state index contributed by atoms with van der Waals surface area (Å²) in [6, 6.07) is 11.1. The Bertz CT molecular complexity index is 1520. The molecule has 5 N–H and O–H groups in total. The van der Waals surface area contributed by atoms with Gasteiger partial charge < -0.3 is 25.3 Å². The maximum atomic E-state index is 12.1. The number of nitrogens with one attached hydrogen (secondary N) is 1. The second kappa shape index (κ2) is 11.6. The predicted octanol–water partition coefficient (Wildman–Crippen LogP) is 4.77. The zero-order chi connectivity index (χ0) is 28.3. The van der Waals surface area contributed by atoms with Crippen LogP contribution in [0.4, 0.5) is 16.4 Å². The summed E-state index contributed by atoms with van der Waals surface area (Å²) in [5, 5.41) is 26.7. The average molecular weight is 545 g/mol. The summed E-state index contributed by atoms with van der Waals surface area (Å²) < 4.78 is 7.10. The third-order valence-electron chi connectivity index (χ3n) is 8.05. The van der Waals surface area contributed by atoms with Crippen LogP contribution in [-0.4, -0.2) is 54.6 Å². The number of hydrogen-bond donors (Lipinski definition) is 4. The van der Waals surface area contributed by atoms with E-state index in [2.05, 4.69) is 33.8 Å². The van der Waals surface area contributed by atoms with E-state index < -0.39 is 29.8 Å². The number of amides is 1. The zero-order valence-electron chi connectivity index (χ0n) is 22.7. The van der Waals surface area contributed by atoms with Crippen LogP contribution in [0.2, 0.25) is 0 Å². The number of carbonyl (C=O) groups is 1. The summed E-state index contributed by atoms with van der Waals surface area (Å²) in [5.41, 5.74) is 7.69. The number of fused-ring (bicyclic) bond motifs is 2. The van der Waals surface area contributed by atoms with E-state index in [4.69, 9.17) is 10.5 Å². The molecule has 10 nitrogen and oxygen atoms in total. The van der Waals surface area contributed by atoms with Crippen molar-refractivity contribution < 1.29 is 19.7 Å². The van der Waals surface area contributed by atoms with E-state index in [1.807, 2.05) is 41.1 Å². The molecule has 0 saturated heterocycles. The fourth-order valence-corrected chi connectivity index (χ4v) is 5.68. The van der Waals surface area contributed by atoms with Crippen LogP contribution in [-0.2, 0) is 11.2 Å². The Morgan fingerprint density at radius 3 is 2.88 bits per heavy atom. The van der Waals surface area contributed by atoms with Crippen LogP contribution in [0.3, 0.4) is 0 Å². The molecule has 1 aromatic carbocycles. The summed E-state index contributed by atoms with van der Waals surface area (Å²) in [5.74, 6) is 0.798. The quantitative estimate of drug-likeness (QED) is 0.165. The van der Waals surface area contributed by atoms with Gasteiger partial charge in [0.05, 0.1) is 29.7 Å². The number of aromatic nitrogens is 4. The molecule has 210 valence electrons. The SMILES string of the molecule is C=C[C@]1(CCc2ccc3ccc(NC(=O)OCCCCC)nc3c2)C[C@@H](n2ccc3c(N)ncnc32)[C@H](O)[C@@H]1O. The van der Waals surface area contributed by atoms with Crippen molar-refractivity contribution in [1.82, 2.24) is 19.5 Å². The highest BCUT2D eigenvalue weighted by Gasteiger charge is 2.51. The van der Waals surface area contributed by atoms with Crippen molar-refractivity contribution in [3.63, 3.8) is 0 Å². The topological polar surface area (TPSA) is 148 Å². The van der Waals surface area contributed by atoms with E-state index in [9.17, 15) is 15.0 Å². The van der Waals surface area contributed by atoms with Crippen LogP contribution in [0, 0.1) is 5.41 Å². The zero-order valence-corrected chi connectivity index (χ0v) is 22.7. The van der Waals surface area contributed by atoms with Gasteiger partial charge in [0.2, 0.25) is 0 Å². The number of nitrogens with two attached hydrogens (primary N) is 1. The number of benzene rings is 1. The summed E-state index contributed by atoms with van der Waals surface area (Å²) in [6.07, 6.45) is 7.11. The van der Waals surface area contributed by atoms with Crippen LogP contribution >= 0.6 is 0 Å². The summed E-state index contributed by atoms with van der Waals surface area (Å²) in [6.45, 7) is 6.51. The van der Waals surface area contributed by atoms with Crippen molar-refractivity contribution in [2.75, 3.05) is 17.7 Å². The third kappa shape index (κ3) is 5.37. The highest BCUT2D eigenvalue weighted by Crippen LogP contribution is 2.49. The molecular formula is C30H36N6O4. The van der Waals surface area contributed by atoms with Gasteiger partial charge in [-0.2, -0.15) is 0 Å². The molecule has 1 saturated carbocycles. The Balaban J connectivity index is 1.30. The molecule has 0 aliphatic heterocycles. The van der Waals surface area contributed by atoms with Gasteiger partial charge in [-0.15, -0.1) is 6.58 Å². The number of unbranched alkanes of at least 4 members (excludes halogenated alkanes) is 2. The Kier molecular flexibility index (Phi) is 7.99. The molecule has 0 spiro atoms. The fraction of sp³-hybridized carbons (Fsp3) is 0.400. The molecule has 3 aromatic heterocycles. The number of pyridine rings is 1. The summed E-state index contributed by atoms with van der Waals surface area (Å²) in [7, 11) is 0. The first-order valence-electron chi connectivity index (χ1n) is 13.8. The first-order chi connectivity index (χ1) is 19.3. The van der Waals surface area contributed by atoms with Crippen molar-refractivity contribution in [3.8, 4) is 0 Å². The van der Waals surface area contributed by atoms with Gasteiger partial charge in [-0.05, 0) is 55.5 Å². The normalized spacial score (nSPS) is 22.5. The van der Waals surface area contributed by atoms with Crippen LogP contribution < -0.4 is 11.1 Å². The molecule has 0 bridgehead atoms. The second-order valence-corrected chi connectivity index (χ2v) is 10.6. The molecule has 1 aliphatic carbocycles. The molecule has 10 heteroatoms. The maximum absolute atomic E-state index is 12.1. The monoisotopic (exact) mass is 544 g/mol. The van der Waals surface area contributed by atoms with Gasteiger partial charge in [0, 0.05) is 17.0 Å². The number of nitrogen functional groups attached to an aromatic ring is 1. The first kappa shape index (κ1) is 27.5. The molecule has 1 amide bonds. The van der Waals surface area contributed by atoms with Crippen molar-refractivity contribution in [3.05, 3.63) is 67.1 Å². The Morgan fingerprint density at radius 1 is 1.25 bits per heavy atom. The van der Waals surface area contributed by atoms with E-state index in [-0.39, 0.29) is 0 Å². The molecule has 3 heterocycles. The van der Waals surface area contributed by atoms with E-state index in [0.717, 1.165) is 35.7 Å². The number of aryl methyl sites for hydroxylation is 1. The molecule has 1 fully saturated rings. The minimum Gasteiger partial charge on any atom is -0.449 e. The van der Waals surface area contributed by atoms with Gasteiger partial charge >= 0.3 is 6.09 Å². The highest BCUT2D eigenvalue weighted by molar-refractivity contribution is 5.87. The maximum Gasteiger partial charge on any atom is 0.412 e. The standard InChI is InChI=1S/C30H36N6O4/c1-3-5-6-15-40-29(39)35-24-10-9-20-8-7-19(16-22(20)34-24)11-13-30(4-2)17-23(25(37)26(30)38)36-14-12-21-27(31)32-18-33-28(21)36/h4,7-10,12,14,16,18,23,25-26,37-38H,2-3,5-6,11,13,15,17H2,1H3,(H2,31,32,33)(H,34,35,39)/t23-,25+,26+,30+/m1/s1. The van der Waals surface area contributed by atoms with E-state index >= 15 is 0 Å². The van der Waals surface area contributed by atoms with Crippen molar-refractivity contribution >= 4 is 39.7 Å².